The standard InChI is InChI=1S/C12H13BrN2O3/c13-10-5-9(6-14-7-10)12(17)18-11-1-3-15(8-16)4-2-11/h5-8,11H,1-4H2. The second-order valence-electron chi connectivity index (χ2n) is 4.14. The lowest BCUT2D eigenvalue weighted by atomic mass is 10.1. The van der Waals surface area contributed by atoms with Gasteiger partial charge in [-0.2, -0.15) is 0 Å². The van der Waals surface area contributed by atoms with Gasteiger partial charge in [0.25, 0.3) is 0 Å². The molecule has 0 N–H and O–H groups in total. The van der Waals surface area contributed by atoms with Crippen LogP contribution in [0.25, 0.3) is 0 Å². The Morgan fingerprint density at radius 1 is 1.44 bits per heavy atom. The fourth-order valence-corrected chi connectivity index (χ4v) is 2.21. The first-order valence-electron chi connectivity index (χ1n) is 5.70. The lowest BCUT2D eigenvalue weighted by Crippen LogP contribution is -2.36. The minimum absolute atomic E-state index is 0.118. The van der Waals surface area contributed by atoms with E-state index in [4.69, 9.17) is 4.74 Å². The normalized spacial score (nSPS) is 16.4. The second kappa shape index (κ2) is 5.95. The zero-order chi connectivity index (χ0) is 13.0. The van der Waals surface area contributed by atoms with E-state index in [0.717, 1.165) is 10.9 Å². The van der Waals surface area contributed by atoms with Crippen LogP contribution in [0.4, 0.5) is 0 Å². The first kappa shape index (κ1) is 13.0. The van der Waals surface area contributed by atoms with Gasteiger partial charge in [-0.1, -0.05) is 0 Å². The molecule has 0 atom stereocenters. The van der Waals surface area contributed by atoms with Gasteiger partial charge in [-0.05, 0) is 22.0 Å². The third-order valence-corrected chi connectivity index (χ3v) is 3.27. The molecular weight excluding hydrogens is 300 g/mol. The number of piperidine rings is 1. The summed E-state index contributed by atoms with van der Waals surface area (Å²) in [5.41, 5.74) is 0.433. The van der Waals surface area contributed by atoms with Crippen LogP contribution in [0.3, 0.4) is 0 Å². The van der Waals surface area contributed by atoms with Crippen molar-refractivity contribution < 1.29 is 14.3 Å². The van der Waals surface area contributed by atoms with Crippen LogP contribution in [0.1, 0.15) is 23.2 Å². The number of ether oxygens (including phenoxy) is 1. The highest BCUT2D eigenvalue weighted by Gasteiger charge is 2.22. The van der Waals surface area contributed by atoms with Gasteiger partial charge in [0.1, 0.15) is 6.10 Å². The topological polar surface area (TPSA) is 59.5 Å². The predicted octanol–water partition coefficient (Wildman–Crippen LogP) is 1.62. The van der Waals surface area contributed by atoms with E-state index in [-0.39, 0.29) is 12.1 Å². The molecule has 1 aromatic heterocycles. The molecule has 6 heteroatoms. The SMILES string of the molecule is O=CN1CCC(OC(=O)c2cncc(Br)c2)CC1. The number of hydrogen-bond donors (Lipinski definition) is 0. The van der Waals surface area contributed by atoms with Gasteiger partial charge in [0.15, 0.2) is 0 Å². The molecule has 96 valence electrons. The largest absolute Gasteiger partial charge is 0.459 e. The maximum absolute atomic E-state index is 11.8. The van der Waals surface area contributed by atoms with E-state index in [1.165, 1.54) is 6.20 Å². The summed E-state index contributed by atoms with van der Waals surface area (Å²) in [6.45, 7) is 1.27. The Bertz CT molecular complexity index is 445. The molecule has 0 aliphatic carbocycles. The Labute approximate surface area is 113 Å². The summed E-state index contributed by atoms with van der Waals surface area (Å²) in [5.74, 6) is -0.367. The molecule has 18 heavy (non-hydrogen) atoms. The maximum Gasteiger partial charge on any atom is 0.340 e. The number of aromatic nitrogens is 1. The van der Waals surface area contributed by atoms with Gasteiger partial charge in [0.2, 0.25) is 6.41 Å². The van der Waals surface area contributed by atoms with Crippen molar-refractivity contribution in [3.05, 3.63) is 28.5 Å². The summed E-state index contributed by atoms with van der Waals surface area (Å²) >= 11 is 3.26. The van der Waals surface area contributed by atoms with Gasteiger partial charge in [0.05, 0.1) is 5.56 Å². The van der Waals surface area contributed by atoms with Crippen LogP contribution in [0, 0.1) is 0 Å². The number of pyridine rings is 1. The van der Waals surface area contributed by atoms with Crippen LogP contribution in [0.15, 0.2) is 22.9 Å². The minimum Gasteiger partial charge on any atom is -0.459 e. The number of carbonyl (C=O) groups excluding carboxylic acids is 2. The van der Waals surface area contributed by atoms with E-state index >= 15 is 0 Å². The number of esters is 1. The highest BCUT2D eigenvalue weighted by atomic mass is 79.9. The first-order valence-corrected chi connectivity index (χ1v) is 6.49. The van der Waals surface area contributed by atoms with E-state index in [2.05, 4.69) is 20.9 Å². The minimum atomic E-state index is -0.367. The summed E-state index contributed by atoms with van der Waals surface area (Å²) in [5, 5.41) is 0. The highest BCUT2D eigenvalue weighted by molar-refractivity contribution is 9.10. The number of halogens is 1. The van der Waals surface area contributed by atoms with E-state index in [0.29, 0.717) is 31.5 Å². The molecule has 5 nitrogen and oxygen atoms in total. The average molecular weight is 313 g/mol. The number of nitrogens with zero attached hydrogens (tertiary/aromatic N) is 2. The fraction of sp³-hybridized carbons (Fsp3) is 0.417. The molecule has 0 unspecified atom stereocenters. The van der Waals surface area contributed by atoms with Crippen LogP contribution >= 0.6 is 15.9 Å². The number of hydrogen-bond acceptors (Lipinski definition) is 4. The van der Waals surface area contributed by atoms with Gasteiger partial charge in [-0.15, -0.1) is 0 Å². The van der Waals surface area contributed by atoms with Crippen molar-refractivity contribution in [1.29, 1.82) is 0 Å². The van der Waals surface area contributed by atoms with Gasteiger partial charge < -0.3 is 9.64 Å². The molecule has 0 aromatic carbocycles. The first-order chi connectivity index (χ1) is 8.69. The van der Waals surface area contributed by atoms with Crippen LogP contribution < -0.4 is 0 Å². The van der Waals surface area contributed by atoms with Gasteiger partial charge in [0, 0.05) is 42.8 Å². The molecule has 2 rings (SSSR count). The van der Waals surface area contributed by atoms with Crippen molar-refractivity contribution in [1.82, 2.24) is 9.88 Å². The summed E-state index contributed by atoms with van der Waals surface area (Å²) in [4.78, 5) is 28.0. The molecule has 1 aliphatic rings. The summed E-state index contributed by atoms with van der Waals surface area (Å²) in [6.07, 6.45) is 5.17. The van der Waals surface area contributed by atoms with Crippen molar-refractivity contribution in [3.63, 3.8) is 0 Å². The molecule has 0 bridgehead atoms. The predicted molar refractivity (Wildman–Crippen MR) is 68.0 cm³/mol. The summed E-state index contributed by atoms with van der Waals surface area (Å²) < 4.78 is 6.13. The molecule has 0 radical (unpaired) electrons. The molecule has 0 saturated carbocycles. The molecule has 1 saturated heterocycles. The van der Waals surface area contributed by atoms with Crippen LogP contribution in [0.5, 0.6) is 0 Å². The van der Waals surface area contributed by atoms with E-state index in [1.54, 1.807) is 17.2 Å². The summed E-state index contributed by atoms with van der Waals surface area (Å²) in [7, 11) is 0. The van der Waals surface area contributed by atoms with E-state index < -0.39 is 0 Å². The van der Waals surface area contributed by atoms with Gasteiger partial charge >= 0.3 is 5.97 Å². The smallest absolute Gasteiger partial charge is 0.340 e. The molecule has 2 heterocycles. The molecule has 1 amide bonds. The third kappa shape index (κ3) is 3.29. The third-order valence-electron chi connectivity index (χ3n) is 2.84. The lowest BCUT2D eigenvalue weighted by molar-refractivity contribution is -0.120. The van der Waals surface area contributed by atoms with E-state index in [1.807, 2.05) is 0 Å². The van der Waals surface area contributed by atoms with Crippen LogP contribution in [0.2, 0.25) is 0 Å². The number of amides is 1. The average Bonchev–Trinajstić information content (AvgIpc) is 2.39. The highest BCUT2D eigenvalue weighted by Crippen LogP contribution is 2.16. The number of likely N-dealkylation sites (tertiary alicyclic amines) is 1. The van der Waals surface area contributed by atoms with Crippen LogP contribution in [-0.4, -0.2) is 41.5 Å². The Morgan fingerprint density at radius 2 is 2.17 bits per heavy atom. The summed E-state index contributed by atoms with van der Waals surface area (Å²) in [6, 6.07) is 1.68. The molecular formula is C12H13BrN2O3. The molecule has 1 aromatic rings. The van der Waals surface area contributed by atoms with Crippen molar-refractivity contribution >= 4 is 28.3 Å². The number of rotatable bonds is 3. The van der Waals surface area contributed by atoms with Crippen molar-refractivity contribution in [2.45, 2.75) is 18.9 Å². The Hall–Kier alpha value is -1.43. The Morgan fingerprint density at radius 3 is 2.78 bits per heavy atom. The zero-order valence-corrected chi connectivity index (χ0v) is 11.3. The van der Waals surface area contributed by atoms with Crippen molar-refractivity contribution in [3.8, 4) is 0 Å². The molecule has 1 aliphatic heterocycles. The monoisotopic (exact) mass is 312 g/mol. The fourth-order valence-electron chi connectivity index (χ4n) is 1.84. The van der Waals surface area contributed by atoms with Gasteiger partial charge in [-0.25, -0.2) is 4.79 Å². The number of carbonyl (C=O) groups is 2. The molecule has 0 spiro atoms. The van der Waals surface area contributed by atoms with Crippen molar-refractivity contribution in [2.24, 2.45) is 0 Å². The zero-order valence-electron chi connectivity index (χ0n) is 9.71. The van der Waals surface area contributed by atoms with E-state index in [9.17, 15) is 9.59 Å². The maximum atomic E-state index is 11.8. The van der Waals surface area contributed by atoms with Crippen molar-refractivity contribution in [2.75, 3.05) is 13.1 Å². The Kier molecular flexibility index (Phi) is 4.30. The van der Waals surface area contributed by atoms with Crippen LogP contribution in [-0.2, 0) is 9.53 Å². The van der Waals surface area contributed by atoms with Gasteiger partial charge in [-0.3, -0.25) is 9.78 Å². The molecule has 1 fully saturated rings. The Balaban J connectivity index is 1.90. The second-order valence-corrected chi connectivity index (χ2v) is 5.05. The lowest BCUT2D eigenvalue weighted by Gasteiger charge is -2.28. The quantitative estimate of drug-likeness (QED) is 0.628.